The first-order chi connectivity index (χ1) is 7.65. The summed E-state index contributed by atoms with van der Waals surface area (Å²) in [4.78, 5) is 9.04. The van der Waals surface area contributed by atoms with E-state index in [4.69, 9.17) is 0 Å². The maximum atomic E-state index is 4.59. The monoisotopic (exact) mass is 239 g/mol. The van der Waals surface area contributed by atoms with Crippen molar-refractivity contribution in [2.24, 2.45) is 5.92 Å². The van der Waals surface area contributed by atoms with Gasteiger partial charge >= 0.3 is 0 Å². The van der Waals surface area contributed by atoms with E-state index in [9.17, 15) is 0 Å². The predicted octanol–water partition coefficient (Wildman–Crippen LogP) is 2.97. The van der Waals surface area contributed by atoms with Crippen LogP contribution in [-0.2, 0) is 12.2 Å². The van der Waals surface area contributed by atoms with Gasteiger partial charge in [0.05, 0.1) is 5.75 Å². The second-order valence-corrected chi connectivity index (χ2v) is 5.42. The SMILES string of the molecule is CCSCc1nc(CC(C)C)cc(NC)n1. The fourth-order valence-electron chi connectivity index (χ4n) is 1.46. The second-order valence-electron chi connectivity index (χ2n) is 4.15. The van der Waals surface area contributed by atoms with E-state index in [1.165, 1.54) is 0 Å². The molecular formula is C12H21N3S. The van der Waals surface area contributed by atoms with E-state index >= 15 is 0 Å². The van der Waals surface area contributed by atoms with Gasteiger partial charge in [0.1, 0.15) is 11.6 Å². The molecular weight excluding hydrogens is 218 g/mol. The quantitative estimate of drug-likeness (QED) is 0.828. The molecule has 0 radical (unpaired) electrons. The number of nitrogens with zero attached hydrogens (tertiary/aromatic N) is 2. The van der Waals surface area contributed by atoms with E-state index in [0.29, 0.717) is 5.92 Å². The molecule has 0 spiro atoms. The highest BCUT2D eigenvalue weighted by atomic mass is 32.2. The lowest BCUT2D eigenvalue weighted by atomic mass is 10.1. The van der Waals surface area contributed by atoms with Crippen LogP contribution in [0.3, 0.4) is 0 Å². The smallest absolute Gasteiger partial charge is 0.140 e. The van der Waals surface area contributed by atoms with Gasteiger partial charge in [0.2, 0.25) is 0 Å². The van der Waals surface area contributed by atoms with Crippen molar-refractivity contribution in [1.29, 1.82) is 0 Å². The molecule has 0 saturated heterocycles. The summed E-state index contributed by atoms with van der Waals surface area (Å²) in [5.41, 5.74) is 1.14. The van der Waals surface area contributed by atoms with E-state index in [0.717, 1.165) is 35.3 Å². The van der Waals surface area contributed by atoms with Crippen LogP contribution in [0.25, 0.3) is 0 Å². The summed E-state index contributed by atoms with van der Waals surface area (Å²) in [5.74, 6) is 4.50. The molecule has 1 heterocycles. The molecule has 16 heavy (non-hydrogen) atoms. The van der Waals surface area contributed by atoms with Crippen LogP contribution in [0.2, 0.25) is 0 Å². The Kier molecular flexibility index (Phi) is 5.60. The highest BCUT2D eigenvalue weighted by Crippen LogP contribution is 2.14. The van der Waals surface area contributed by atoms with Crippen molar-refractivity contribution in [3.63, 3.8) is 0 Å². The molecule has 1 aromatic rings. The van der Waals surface area contributed by atoms with Gasteiger partial charge in [-0.3, -0.25) is 0 Å². The third kappa shape index (κ3) is 4.39. The van der Waals surface area contributed by atoms with E-state index in [-0.39, 0.29) is 0 Å². The Balaban J connectivity index is 2.82. The van der Waals surface area contributed by atoms with Crippen molar-refractivity contribution in [3.05, 3.63) is 17.6 Å². The number of anilines is 1. The zero-order valence-electron chi connectivity index (χ0n) is 10.6. The van der Waals surface area contributed by atoms with E-state index in [1.807, 2.05) is 24.9 Å². The lowest BCUT2D eigenvalue weighted by Gasteiger charge is -2.09. The molecule has 1 aromatic heterocycles. The largest absolute Gasteiger partial charge is 0.373 e. The highest BCUT2D eigenvalue weighted by molar-refractivity contribution is 7.98. The molecule has 0 aliphatic heterocycles. The first-order valence-electron chi connectivity index (χ1n) is 5.78. The maximum Gasteiger partial charge on any atom is 0.140 e. The summed E-state index contributed by atoms with van der Waals surface area (Å²) in [5, 5.41) is 3.10. The summed E-state index contributed by atoms with van der Waals surface area (Å²) in [6.07, 6.45) is 1.01. The molecule has 1 rings (SSSR count). The van der Waals surface area contributed by atoms with Crippen molar-refractivity contribution < 1.29 is 0 Å². The number of rotatable bonds is 6. The minimum absolute atomic E-state index is 0.631. The normalized spacial score (nSPS) is 10.8. The Morgan fingerprint density at radius 2 is 2.12 bits per heavy atom. The average Bonchev–Trinajstić information content (AvgIpc) is 2.25. The molecule has 0 fully saturated rings. The summed E-state index contributed by atoms with van der Waals surface area (Å²) in [6.45, 7) is 6.57. The number of aromatic nitrogens is 2. The summed E-state index contributed by atoms with van der Waals surface area (Å²) >= 11 is 1.86. The van der Waals surface area contributed by atoms with Crippen LogP contribution in [0.4, 0.5) is 5.82 Å². The van der Waals surface area contributed by atoms with Crippen molar-refractivity contribution in [1.82, 2.24) is 9.97 Å². The third-order valence-corrected chi connectivity index (χ3v) is 3.00. The van der Waals surface area contributed by atoms with Crippen LogP contribution in [0.1, 0.15) is 32.3 Å². The minimum Gasteiger partial charge on any atom is -0.373 e. The number of nitrogens with one attached hydrogen (secondary N) is 1. The average molecular weight is 239 g/mol. The zero-order valence-corrected chi connectivity index (χ0v) is 11.4. The van der Waals surface area contributed by atoms with Crippen LogP contribution < -0.4 is 5.32 Å². The molecule has 3 nitrogen and oxygen atoms in total. The molecule has 0 atom stereocenters. The number of hydrogen-bond donors (Lipinski definition) is 1. The Labute approximate surface area is 102 Å². The summed E-state index contributed by atoms with van der Waals surface area (Å²) < 4.78 is 0. The van der Waals surface area contributed by atoms with Crippen LogP contribution in [-0.4, -0.2) is 22.8 Å². The second kappa shape index (κ2) is 6.74. The van der Waals surface area contributed by atoms with Gasteiger partial charge in [-0.2, -0.15) is 11.8 Å². The van der Waals surface area contributed by atoms with Crippen molar-refractivity contribution in [2.45, 2.75) is 32.9 Å². The summed E-state index contributed by atoms with van der Waals surface area (Å²) in [6, 6.07) is 2.04. The van der Waals surface area contributed by atoms with Crippen molar-refractivity contribution in [2.75, 3.05) is 18.1 Å². The lowest BCUT2D eigenvalue weighted by Crippen LogP contribution is -2.05. The first-order valence-corrected chi connectivity index (χ1v) is 6.93. The van der Waals surface area contributed by atoms with Crippen LogP contribution in [0.15, 0.2) is 6.07 Å². The highest BCUT2D eigenvalue weighted by Gasteiger charge is 2.05. The van der Waals surface area contributed by atoms with Gasteiger partial charge in [-0.15, -0.1) is 0 Å². The van der Waals surface area contributed by atoms with E-state index < -0.39 is 0 Å². The Morgan fingerprint density at radius 3 is 2.69 bits per heavy atom. The van der Waals surface area contributed by atoms with Crippen LogP contribution in [0.5, 0.6) is 0 Å². The molecule has 0 aromatic carbocycles. The summed E-state index contributed by atoms with van der Waals surface area (Å²) in [7, 11) is 1.90. The van der Waals surface area contributed by atoms with E-state index in [1.54, 1.807) is 0 Å². The maximum absolute atomic E-state index is 4.59. The molecule has 0 saturated carbocycles. The van der Waals surface area contributed by atoms with Gasteiger partial charge in [0.15, 0.2) is 0 Å². The van der Waals surface area contributed by atoms with Gasteiger partial charge in [0.25, 0.3) is 0 Å². The first kappa shape index (κ1) is 13.3. The molecule has 1 N–H and O–H groups in total. The molecule has 0 aliphatic carbocycles. The molecule has 90 valence electrons. The Morgan fingerprint density at radius 1 is 1.38 bits per heavy atom. The molecule has 0 unspecified atom stereocenters. The number of thioether (sulfide) groups is 1. The van der Waals surface area contributed by atoms with Gasteiger partial charge < -0.3 is 5.32 Å². The third-order valence-electron chi connectivity index (χ3n) is 2.13. The Bertz CT molecular complexity index is 326. The van der Waals surface area contributed by atoms with Crippen molar-refractivity contribution in [3.8, 4) is 0 Å². The lowest BCUT2D eigenvalue weighted by molar-refractivity contribution is 0.632. The standard InChI is InChI=1S/C12H21N3S/c1-5-16-8-12-14-10(6-9(2)3)7-11(13-4)15-12/h7,9H,5-6,8H2,1-4H3,(H,13,14,15). The molecule has 4 heteroatoms. The van der Waals surface area contributed by atoms with E-state index in [2.05, 4.69) is 36.1 Å². The fraction of sp³-hybridized carbons (Fsp3) is 0.667. The van der Waals surface area contributed by atoms with Gasteiger partial charge in [-0.05, 0) is 18.1 Å². The van der Waals surface area contributed by atoms with Crippen LogP contribution in [0, 0.1) is 5.92 Å². The van der Waals surface area contributed by atoms with Crippen molar-refractivity contribution >= 4 is 17.6 Å². The molecule has 0 bridgehead atoms. The van der Waals surface area contributed by atoms with Gasteiger partial charge in [-0.1, -0.05) is 20.8 Å². The van der Waals surface area contributed by atoms with Crippen LogP contribution >= 0.6 is 11.8 Å². The topological polar surface area (TPSA) is 37.8 Å². The van der Waals surface area contributed by atoms with Gasteiger partial charge in [-0.25, -0.2) is 9.97 Å². The number of hydrogen-bond acceptors (Lipinski definition) is 4. The fourth-order valence-corrected chi connectivity index (χ4v) is 1.98. The molecule has 0 aliphatic rings. The Hall–Kier alpha value is -0.770. The molecule has 0 amide bonds. The zero-order chi connectivity index (χ0) is 12.0. The van der Waals surface area contributed by atoms with Gasteiger partial charge in [0, 0.05) is 18.8 Å². The predicted molar refractivity (Wildman–Crippen MR) is 72.0 cm³/mol. The minimum atomic E-state index is 0.631.